The van der Waals surface area contributed by atoms with Gasteiger partial charge in [0.1, 0.15) is 12.7 Å². The number of ketones is 1. The molecule has 0 saturated heterocycles. The zero-order valence-electron chi connectivity index (χ0n) is 19.6. The van der Waals surface area contributed by atoms with Gasteiger partial charge in [-0.05, 0) is 65.5 Å². The Morgan fingerprint density at radius 3 is 2.39 bits per heavy atom. The van der Waals surface area contributed by atoms with E-state index in [1.165, 1.54) is 6.08 Å². The van der Waals surface area contributed by atoms with Gasteiger partial charge in [-0.1, -0.05) is 25.5 Å². The Kier molecular flexibility index (Phi) is 7.68. The molecular formula is C25H34O6. The molecule has 1 fully saturated rings. The van der Waals surface area contributed by atoms with Crippen LogP contribution in [-0.2, 0) is 23.9 Å². The van der Waals surface area contributed by atoms with Crippen molar-refractivity contribution >= 4 is 17.7 Å². The third-order valence-corrected chi connectivity index (χ3v) is 6.79. The Morgan fingerprint density at radius 1 is 1.16 bits per heavy atom. The normalized spacial score (nSPS) is 27.1. The van der Waals surface area contributed by atoms with Gasteiger partial charge in [-0.15, -0.1) is 0 Å². The molecule has 2 aliphatic carbocycles. The molecule has 0 heterocycles. The third kappa shape index (κ3) is 5.00. The smallest absolute Gasteiger partial charge is 0.333 e. The van der Waals surface area contributed by atoms with Gasteiger partial charge in [-0.2, -0.15) is 0 Å². The lowest BCUT2D eigenvalue weighted by Gasteiger charge is -2.48. The highest BCUT2D eigenvalue weighted by Gasteiger charge is 2.50. The maximum absolute atomic E-state index is 12.6. The van der Waals surface area contributed by atoms with Crippen molar-refractivity contribution in [2.45, 2.75) is 73.8 Å². The van der Waals surface area contributed by atoms with E-state index in [-0.39, 0.29) is 30.2 Å². The topological polar surface area (TPSA) is 89.9 Å². The molecule has 0 aromatic heterocycles. The van der Waals surface area contributed by atoms with E-state index >= 15 is 0 Å². The molecule has 1 N–H and O–H groups in total. The van der Waals surface area contributed by atoms with Crippen molar-refractivity contribution in [3.8, 4) is 0 Å². The first kappa shape index (κ1) is 24.6. The summed E-state index contributed by atoms with van der Waals surface area (Å²) in [6, 6.07) is 0. The molecule has 1 saturated carbocycles. The third-order valence-electron chi connectivity index (χ3n) is 6.79. The minimum absolute atomic E-state index is 0.00428. The zero-order chi connectivity index (χ0) is 23.5. The van der Waals surface area contributed by atoms with Crippen LogP contribution >= 0.6 is 0 Å². The fraction of sp³-hybridized carbons (Fsp3) is 0.560. The second kappa shape index (κ2) is 9.67. The molecule has 31 heavy (non-hydrogen) atoms. The molecular weight excluding hydrogens is 396 g/mol. The number of aliphatic hydroxyl groups is 1. The molecule has 0 aliphatic heterocycles. The van der Waals surface area contributed by atoms with E-state index in [1.54, 1.807) is 26.8 Å². The predicted octanol–water partition coefficient (Wildman–Crippen LogP) is 4.91. The van der Waals surface area contributed by atoms with Crippen molar-refractivity contribution in [1.29, 1.82) is 0 Å². The first-order chi connectivity index (χ1) is 14.4. The number of aliphatic hydroxyl groups excluding tert-OH is 1. The first-order valence-electron chi connectivity index (χ1n) is 10.7. The summed E-state index contributed by atoms with van der Waals surface area (Å²) in [4.78, 5) is 36.8. The SMILES string of the molecule is C/C=C(/C)C(=O)OC/C=C(/C)C(=O)O[C@@H]1CCC2=C(O)C(=O)C(=C(C)C)C[C@]2(C)[C@H]1C. The molecule has 0 radical (unpaired) electrons. The van der Waals surface area contributed by atoms with Crippen LogP contribution in [0.15, 0.2) is 45.8 Å². The van der Waals surface area contributed by atoms with Crippen molar-refractivity contribution in [2.75, 3.05) is 6.61 Å². The van der Waals surface area contributed by atoms with Crippen LogP contribution in [-0.4, -0.2) is 35.5 Å². The highest BCUT2D eigenvalue weighted by atomic mass is 16.5. The van der Waals surface area contributed by atoms with Crippen LogP contribution in [0.25, 0.3) is 0 Å². The average Bonchev–Trinajstić information content (AvgIpc) is 2.72. The van der Waals surface area contributed by atoms with E-state index in [4.69, 9.17) is 9.47 Å². The van der Waals surface area contributed by atoms with Gasteiger partial charge < -0.3 is 14.6 Å². The minimum atomic E-state index is -0.453. The molecule has 2 aliphatic rings. The van der Waals surface area contributed by atoms with Crippen LogP contribution in [0, 0.1) is 11.3 Å². The first-order valence-corrected chi connectivity index (χ1v) is 10.7. The van der Waals surface area contributed by atoms with E-state index < -0.39 is 17.4 Å². The Labute approximate surface area is 184 Å². The summed E-state index contributed by atoms with van der Waals surface area (Å²) in [6.45, 7) is 12.8. The highest BCUT2D eigenvalue weighted by Crippen LogP contribution is 2.53. The van der Waals surface area contributed by atoms with Gasteiger partial charge in [0, 0.05) is 28.1 Å². The molecule has 2 rings (SSSR count). The zero-order valence-corrected chi connectivity index (χ0v) is 19.6. The standard InChI is InChI=1S/C25H34O6/c1-8-15(4)23(28)30-12-11-16(5)24(29)31-20-10-9-19-22(27)21(26)18(14(2)3)13-25(19,7)17(20)6/h8,11,17,20,27H,9-10,12-13H2,1-7H3/b15-8-,16-11-/t17-,20+,25+/m0/s1. The summed E-state index contributed by atoms with van der Waals surface area (Å²) in [5.74, 6) is -1.37. The van der Waals surface area contributed by atoms with Gasteiger partial charge in [-0.3, -0.25) is 4.79 Å². The fourth-order valence-electron chi connectivity index (χ4n) is 4.24. The van der Waals surface area contributed by atoms with Crippen molar-refractivity contribution in [3.05, 3.63) is 45.8 Å². The highest BCUT2D eigenvalue weighted by molar-refractivity contribution is 6.08. The van der Waals surface area contributed by atoms with E-state index in [0.29, 0.717) is 36.0 Å². The van der Waals surface area contributed by atoms with Crippen molar-refractivity contribution in [3.63, 3.8) is 0 Å². The molecule has 0 bridgehead atoms. The van der Waals surface area contributed by atoms with Crippen LogP contribution < -0.4 is 0 Å². The number of carbonyl (C=O) groups is 3. The fourth-order valence-corrected chi connectivity index (χ4v) is 4.24. The van der Waals surface area contributed by atoms with E-state index in [9.17, 15) is 19.5 Å². The summed E-state index contributed by atoms with van der Waals surface area (Å²) >= 11 is 0. The molecule has 0 aromatic carbocycles. The van der Waals surface area contributed by atoms with Crippen LogP contribution in [0.3, 0.4) is 0 Å². The maximum Gasteiger partial charge on any atom is 0.333 e. The molecule has 6 nitrogen and oxygen atoms in total. The van der Waals surface area contributed by atoms with Crippen LogP contribution in [0.1, 0.15) is 67.7 Å². The van der Waals surface area contributed by atoms with Crippen molar-refractivity contribution in [1.82, 2.24) is 0 Å². The number of ether oxygens (including phenoxy) is 2. The molecule has 0 aromatic rings. The Balaban J connectivity index is 2.12. The number of hydrogen-bond acceptors (Lipinski definition) is 6. The Bertz CT molecular complexity index is 897. The lowest BCUT2D eigenvalue weighted by Crippen LogP contribution is -2.46. The van der Waals surface area contributed by atoms with E-state index in [2.05, 4.69) is 0 Å². The van der Waals surface area contributed by atoms with E-state index in [0.717, 1.165) is 11.1 Å². The number of Topliss-reactive ketones (excluding diaryl/α,β-unsaturated/α-hetero) is 1. The summed E-state index contributed by atoms with van der Waals surface area (Å²) < 4.78 is 10.9. The van der Waals surface area contributed by atoms with Crippen molar-refractivity contribution < 1.29 is 29.0 Å². The lowest BCUT2D eigenvalue weighted by atomic mass is 9.58. The minimum Gasteiger partial charge on any atom is -0.504 e. The number of carbonyl (C=O) groups excluding carboxylic acids is 3. The molecule has 0 spiro atoms. The number of allylic oxidation sites excluding steroid dienone is 4. The van der Waals surface area contributed by atoms with Gasteiger partial charge in [0.05, 0.1) is 0 Å². The summed E-state index contributed by atoms with van der Waals surface area (Å²) in [5, 5.41) is 10.6. The largest absolute Gasteiger partial charge is 0.504 e. The van der Waals surface area contributed by atoms with Crippen LogP contribution in [0.4, 0.5) is 0 Å². The molecule has 170 valence electrons. The maximum atomic E-state index is 12.6. The average molecular weight is 431 g/mol. The second-order valence-corrected chi connectivity index (χ2v) is 8.96. The molecule has 3 atom stereocenters. The summed E-state index contributed by atoms with van der Waals surface area (Å²) in [6.07, 6.45) is 4.45. The monoisotopic (exact) mass is 430 g/mol. The van der Waals surface area contributed by atoms with Crippen LogP contribution in [0.2, 0.25) is 0 Å². The predicted molar refractivity (Wildman–Crippen MR) is 118 cm³/mol. The number of hydrogen-bond donors (Lipinski definition) is 1. The number of fused-ring (bicyclic) bond motifs is 1. The Hall–Kier alpha value is -2.63. The molecule has 6 heteroatoms. The Morgan fingerprint density at radius 2 is 1.81 bits per heavy atom. The van der Waals surface area contributed by atoms with Gasteiger partial charge in [0.15, 0.2) is 5.76 Å². The van der Waals surface area contributed by atoms with Gasteiger partial charge in [-0.25, -0.2) is 9.59 Å². The summed E-state index contributed by atoms with van der Waals surface area (Å²) in [5.41, 5.74) is 2.72. The molecule has 0 unspecified atom stereocenters. The number of rotatable bonds is 5. The summed E-state index contributed by atoms with van der Waals surface area (Å²) in [7, 11) is 0. The van der Waals surface area contributed by atoms with Gasteiger partial charge in [0.25, 0.3) is 0 Å². The lowest BCUT2D eigenvalue weighted by molar-refractivity contribution is -0.151. The van der Waals surface area contributed by atoms with Crippen molar-refractivity contribution in [2.24, 2.45) is 11.3 Å². The van der Waals surface area contributed by atoms with Gasteiger partial charge >= 0.3 is 11.9 Å². The number of esters is 2. The van der Waals surface area contributed by atoms with E-state index in [1.807, 2.05) is 27.7 Å². The van der Waals surface area contributed by atoms with Gasteiger partial charge in [0.2, 0.25) is 5.78 Å². The molecule has 0 amide bonds. The second-order valence-electron chi connectivity index (χ2n) is 8.96. The van der Waals surface area contributed by atoms with Crippen LogP contribution in [0.5, 0.6) is 0 Å². The quantitative estimate of drug-likeness (QED) is 0.492.